The smallest absolute Gasteiger partial charge is 0.231 e. The number of hydrogen-bond donors (Lipinski definition) is 0. The highest BCUT2D eigenvalue weighted by Crippen LogP contribution is 2.48. The first-order valence-electron chi connectivity index (χ1n) is 5.80. The Hall–Kier alpha value is -2.23. The molecule has 1 aliphatic rings. The third-order valence-corrected chi connectivity index (χ3v) is 3.60. The molecule has 4 nitrogen and oxygen atoms in total. The predicted octanol–water partition coefficient (Wildman–Crippen LogP) is 2.40. The third kappa shape index (κ3) is 1.57. The highest BCUT2D eigenvalue weighted by atomic mass is 16.6. The van der Waals surface area contributed by atoms with Crippen LogP contribution in [-0.4, -0.2) is 17.3 Å². The van der Waals surface area contributed by atoms with Gasteiger partial charge in [-0.1, -0.05) is 42.5 Å². The normalized spacial score (nSPS) is 25.9. The average molecular weight is 241 g/mol. The minimum absolute atomic E-state index is 0.262. The van der Waals surface area contributed by atoms with Crippen molar-refractivity contribution in [3.05, 3.63) is 58.1 Å². The summed E-state index contributed by atoms with van der Waals surface area (Å²) in [6.45, 7) is 0. The fourth-order valence-corrected chi connectivity index (χ4v) is 2.59. The zero-order chi connectivity index (χ0) is 12.7. The summed E-state index contributed by atoms with van der Waals surface area (Å²) in [7, 11) is 0. The Kier molecular flexibility index (Phi) is 2.37. The molecule has 4 heteroatoms. The van der Waals surface area contributed by atoms with E-state index in [0.717, 1.165) is 16.3 Å². The van der Waals surface area contributed by atoms with E-state index in [0.29, 0.717) is 6.29 Å². The first-order chi connectivity index (χ1) is 8.72. The van der Waals surface area contributed by atoms with Crippen LogP contribution in [0.4, 0.5) is 0 Å². The van der Waals surface area contributed by atoms with E-state index in [1.165, 1.54) is 0 Å². The highest BCUT2D eigenvalue weighted by Gasteiger charge is 2.61. The molecule has 3 atom stereocenters. The fraction of sp³-hybridized carbons (Fsp3) is 0.214. The van der Waals surface area contributed by atoms with Crippen molar-refractivity contribution >= 4 is 17.1 Å². The molecule has 3 rings (SSSR count). The summed E-state index contributed by atoms with van der Waals surface area (Å²) in [5.41, 5.74) is 0.882. The number of fused-ring (bicyclic) bond motifs is 1. The van der Waals surface area contributed by atoms with E-state index in [9.17, 15) is 14.9 Å². The lowest BCUT2D eigenvalue weighted by Crippen LogP contribution is -2.05. The molecule has 0 spiro atoms. The van der Waals surface area contributed by atoms with Crippen molar-refractivity contribution in [2.45, 2.75) is 12.0 Å². The van der Waals surface area contributed by atoms with Crippen LogP contribution in [0.25, 0.3) is 10.8 Å². The van der Waals surface area contributed by atoms with Crippen molar-refractivity contribution in [1.82, 2.24) is 0 Å². The van der Waals surface area contributed by atoms with E-state index in [2.05, 4.69) is 0 Å². The van der Waals surface area contributed by atoms with Crippen LogP contribution in [0.3, 0.4) is 0 Å². The Morgan fingerprint density at radius 3 is 2.44 bits per heavy atom. The predicted molar refractivity (Wildman–Crippen MR) is 67.0 cm³/mol. The Morgan fingerprint density at radius 1 is 1.11 bits per heavy atom. The monoisotopic (exact) mass is 241 g/mol. The maximum absolute atomic E-state index is 10.8. The van der Waals surface area contributed by atoms with E-state index in [-0.39, 0.29) is 10.8 Å². The number of benzene rings is 2. The molecule has 0 saturated heterocycles. The Bertz CT molecular complexity index is 638. The van der Waals surface area contributed by atoms with Gasteiger partial charge in [-0.05, 0) is 16.3 Å². The Balaban J connectivity index is 2.00. The van der Waals surface area contributed by atoms with Gasteiger partial charge in [-0.2, -0.15) is 0 Å². The average Bonchev–Trinajstić information content (AvgIpc) is 3.12. The number of aldehydes is 1. The highest BCUT2D eigenvalue weighted by molar-refractivity contribution is 5.83. The van der Waals surface area contributed by atoms with Crippen LogP contribution in [0.2, 0.25) is 0 Å². The minimum atomic E-state index is -0.747. The van der Waals surface area contributed by atoms with Crippen LogP contribution in [0.5, 0.6) is 0 Å². The summed E-state index contributed by atoms with van der Waals surface area (Å²) < 4.78 is 0. The Labute approximate surface area is 103 Å². The van der Waals surface area contributed by atoms with Crippen molar-refractivity contribution in [2.24, 2.45) is 5.92 Å². The van der Waals surface area contributed by atoms with Crippen molar-refractivity contribution in [3.8, 4) is 0 Å². The van der Waals surface area contributed by atoms with Crippen molar-refractivity contribution in [2.75, 3.05) is 0 Å². The van der Waals surface area contributed by atoms with E-state index in [4.69, 9.17) is 0 Å². The molecule has 1 fully saturated rings. The van der Waals surface area contributed by atoms with Crippen LogP contribution in [0.1, 0.15) is 11.5 Å². The molecule has 0 unspecified atom stereocenters. The topological polar surface area (TPSA) is 60.2 Å². The summed E-state index contributed by atoms with van der Waals surface area (Å²) in [6.07, 6.45) is 0.702. The molecule has 0 aromatic heterocycles. The lowest BCUT2D eigenvalue weighted by molar-refractivity contribution is -0.498. The van der Waals surface area contributed by atoms with Gasteiger partial charge in [0.05, 0.1) is 11.8 Å². The summed E-state index contributed by atoms with van der Waals surface area (Å²) >= 11 is 0. The zero-order valence-corrected chi connectivity index (χ0v) is 9.52. The fourth-order valence-electron chi connectivity index (χ4n) is 2.59. The van der Waals surface area contributed by atoms with Crippen molar-refractivity contribution < 1.29 is 9.72 Å². The number of carbonyl (C=O) groups excluding carboxylic acids is 1. The molecule has 1 saturated carbocycles. The number of carbonyl (C=O) groups is 1. The first-order valence-corrected chi connectivity index (χ1v) is 5.80. The van der Waals surface area contributed by atoms with Crippen molar-refractivity contribution in [1.29, 1.82) is 0 Å². The third-order valence-electron chi connectivity index (χ3n) is 3.60. The minimum Gasteiger partial charge on any atom is -0.303 e. The molecule has 0 bridgehead atoms. The van der Waals surface area contributed by atoms with Gasteiger partial charge in [-0.25, -0.2) is 0 Å². The molecular weight excluding hydrogens is 230 g/mol. The molecule has 2 aromatic carbocycles. The summed E-state index contributed by atoms with van der Waals surface area (Å²) in [6, 6.07) is 12.9. The standard InChI is InChI=1S/C14H11NO3/c16-8-12-13(14(12)15(17)18)11-6-5-9-3-1-2-4-10(9)7-11/h1-8,12-14H/t12-,13+,14+/m0/s1. The zero-order valence-electron chi connectivity index (χ0n) is 9.52. The first kappa shape index (κ1) is 10.9. The second-order valence-corrected chi connectivity index (χ2v) is 4.62. The van der Waals surface area contributed by atoms with Gasteiger partial charge in [0.15, 0.2) is 0 Å². The SMILES string of the molecule is O=C[C@H]1[C@@H](c2ccc3ccccc3c2)[C@@H]1[N+](=O)[O-]. The molecular formula is C14H11NO3. The second-order valence-electron chi connectivity index (χ2n) is 4.62. The molecule has 2 aromatic rings. The molecule has 18 heavy (non-hydrogen) atoms. The summed E-state index contributed by atoms with van der Waals surface area (Å²) in [5.74, 6) is -0.733. The van der Waals surface area contributed by atoms with Crippen LogP contribution < -0.4 is 0 Å². The maximum atomic E-state index is 10.8. The van der Waals surface area contributed by atoms with E-state index < -0.39 is 12.0 Å². The lowest BCUT2D eigenvalue weighted by Gasteiger charge is -2.01. The largest absolute Gasteiger partial charge is 0.303 e. The summed E-state index contributed by atoms with van der Waals surface area (Å²) in [5, 5.41) is 13.0. The molecule has 0 amide bonds. The van der Waals surface area contributed by atoms with Gasteiger partial charge in [0.25, 0.3) is 0 Å². The molecule has 1 aliphatic carbocycles. The van der Waals surface area contributed by atoms with Gasteiger partial charge in [0.1, 0.15) is 6.29 Å². The lowest BCUT2D eigenvalue weighted by atomic mass is 10.0. The van der Waals surface area contributed by atoms with Crippen molar-refractivity contribution in [3.63, 3.8) is 0 Å². The van der Waals surface area contributed by atoms with Gasteiger partial charge in [0.2, 0.25) is 6.04 Å². The molecule has 0 N–H and O–H groups in total. The quantitative estimate of drug-likeness (QED) is 0.471. The van der Waals surface area contributed by atoms with Gasteiger partial charge in [-0.3, -0.25) is 10.1 Å². The Morgan fingerprint density at radius 2 is 1.83 bits per heavy atom. The molecule has 0 aliphatic heterocycles. The maximum Gasteiger partial charge on any atom is 0.231 e. The van der Waals surface area contributed by atoms with Crippen LogP contribution in [-0.2, 0) is 4.79 Å². The number of rotatable bonds is 3. The van der Waals surface area contributed by atoms with Gasteiger partial charge >= 0.3 is 0 Å². The molecule has 0 heterocycles. The van der Waals surface area contributed by atoms with Crippen LogP contribution >= 0.6 is 0 Å². The van der Waals surface area contributed by atoms with Gasteiger partial charge in [-0.15, -0.1) is 0 Å². The van der Waals surface area contributed by atoms with Gasteiger partial charge in [0, 0.05) is 4.92 Å². The van der Waals surface area contributed by atoms with E-state index in [1.807, 2.05) is 42.5 Å². The number of hydrogen-bond acceptors (Lipinski definition) is 3. The second kappa shape index (κ2) is 3.91. The number of nitro groups is 1. The summed E-state index contributed by atoms with van der Waals surface area (Å²) in [4.78, 5) is 21.3. The van der Waals surface area contributed by atoms with Crippen LogP contribution in [0.15, 0.2) is 42.5 Å². The number of nitrogens with zero attached hydrogens (tertiary/aromatic N) is 1. The van der Waals surface area contributed by atoms with Crippen LogP contribution in [0, 0.1) is 16.0 Å². The van der Waals surface area contributed by atoms with E-state index in [1.54, 1.807) is 0 Å². The molecule has 90 valence electrons. The van der Waals surface area contributed by atoms with Gasteiger partial charge < -0.3 is 4.79 Å². The van der Waals surface area contributed by atoms with E-state index >= 15 is 0 Å². The molecule has 0 radical (unpaired) electrons.